The van der Waals surface area contributed by atoms with Crippen LogP contribution in [0.4, 0.5) is 0 Å². The molecule has 1 aliphatic rings. The Kier molecular flexibility index (Phi) is 47.0. The van der Waals surface area contributed by atoms with E-state index in [2.05, 4.69) is 93.5 Å². The van der Waals surface area contributed by atoms with Crippen LogP contribution in [0.3, 0.4) is 0 Å². The van der Waals surface area contributed by atoms with E-state index in [1.807, 2.05) is 12.1 Å². The lowest BCUT2D eigenvalue weighted by Gasteiger charge is -2.27. The Hall–Kier alpha value is -7.29. The second-order valence-electron chi connectivity index (χ2n) is 32.0. The molecule has 0 radical (unpaired) electrons. The Morgan fingerprint density at radius 3 is 0.678 bits per heavy atom. The van der Waals surface area contributed by atoms with Crippen LogP contribution < -0.4 is 56.8 Å². The third-order valence-corrected chi connectivity index (χ3v) is 22.0. The normalized spacial score (nSPS) is 11.9. The zero-order chi connectivity index (χ0) is 81.9. The highest BCUT2D eigenvalue weighted by Crippen LogP contribution is 2.53. The number of rotatable bonds is 70. The molecule has 0 saturated carbocycles. The topological polar surface area (TPSA) is 162 Å². The van der Waals surface area contributed by atoms with Gasteiger partial charge < -0.3 is 56.8 Å². The maximum absolute atomic E-state index is 16.0. The maximum atomic E-state index is 16.0. The molecule has 0 aliphatic heterocycles. The summed E-state index contributed by atoms with van der Waals surface area (Å²) in [5, 5.41) is 5.64. The van der Waals surface area contributed by atoms with Gasteiger partial charge in [-0.1, -0.05) is 281 Å². The van der Waals surface area contributed by atoms with E-state index < -0.39 is 0 Å². The molecule has 0 unspecified atom stereocenters. The molecule has 115 heavy (non-hydrogen) atoms. The number of carbonyl (C=O) groups excluding carboxylic acids is 3. The van der Waals surface area contributed by atoms with E-state index in [9.17, 15) is 4.79 Å². The van der Waals surface area contributed by atoms with Gasteiger partial charge in [-0.15, -0.1) is 0 Å². The zero-order valence-corrected chi connectivity index (χ0v) is 73.5. The minimum absolute atomic E-state index is 0.170. The Labute approximate surface area is 694 Å². The number of esters is 1. The van der Waals surface area contributed by atoms with Gasteiger partial charge in [0.2, 0.25) is 11.5 Å². The first-order valence-corrected chi connectivity index (χ1v) is 46.7. The molecule has 642 valence electrons. The number of ether oxygens (including phenoxy) is 12. The molecule has 0 N–H and O–H groups in total. The molecule has 0 spiro atoms. The summed E-state index contributed by atoms with van der Waals surface area (Å²) in [7, 11) is 0. The molecule has 6 aromatic carbocycles. The molecule has 0 amide bonds. The molecule has 15 heteroatoms. The second kappa shape index (κ2) is 56.9. The van der Waals surface area contributed by atoms with Crippen molar-refractivity contribution < 1.29 is 71.2 Å². The highest BCUT2D eigenvalue weighted by molar-refractivity contribution is 6.31. The number of carbonyl (C=O) groups is 3. The van der Waals surface area contributed by atoms with Crippen LogP contribution in [0.5, 0.6) is 69.0 Å². The predicted molar refractivity (Wildman–Crippen MR) is 474 cm³/mol. The molecule has 7 rings (SSSR count). The van der Waals surface area contributed by atoms with E-state index in [0.29, 0.717) is 136 Å². The van der Waals surface area contributed by atoms with Crippen molar-refractivity contribution in [3.63, 3.8) is 0 Å². The first kappa shape index (κ1) is 94.9. The van der Waals surface area contributed by atoms with Gasteiger partial charge in [0.15, 0.2) is 69.1 Å². The van der Waals surface area contributed by atoms with Gasteiger partial charge in [-0.2, -0.15) is 0 Å². The number of benzene rings is 6. The largest absolute Gasteiger partial charge is 0.490 e. The molecule has 1 aliphatic carbocycles. The Bertz CT molecular complexity index is 3720. The molecular weight excluding hydrogens is 1440 g/mol. The summed E-state index contributed by atoms with van der Waals surface area (Å²) < 4.78 is 80.4. The van der Waals surface area contributed by atoms with Crippen LogP contribution in [-0.4, -0.2) is 90.2 Å². The number of unbranched alkanes of at least 4 members (excludes halogenated alkanes) is 34. The average molecular weight is 1590 g/mol. The van der Waals surface area contributed by atoms with Crippen molar-refractivity contribution in [3.05, 3.63) is 70.8 Å². The van der Waals surface area contributed by atoms with Crippen LogP contribution >= 0.6 is 0 Å². The lowest BCUT2D eigenvalue weighted by atomic mass is 9.82. The monoisotopic (exact) mass is 1590 g/mol. The Morgan fingerprint density at radius 2 is 0.409 bits per heavy atom. The third kappa shape index (κ3) is 31.2. The minimum atomic E-state index is -0.354. The minimum Gasteiger partial charge on any atom is -0.490 e. The molecule has 0 bridgehead atoms. The Balaban J connectivity index is 1.20. The number of fused-ring (bicyclic) bond motifs is 8. The summed E-state index contributed by atoms with van der Waals surface area (Å²) in [6, 6.07) is 16.0. The van der Waals surface area contributed by atoms with Crippen molar-refractivity contribution in [3.8, 4) is 69.0 Å². The van der Waals surface area contributed by atoms with Crippen molar-refractivity contribution in [1.82, 2.24) is 0 Å². The van der Waals surface area contributed by atoms with E-state index in [0.717, 1.165) is 244 Å². The number of hydrogen-bond acceptors (Lipinski definition) is 15. The van der Waals surface area contributed by atoms with Crippen LogP contribution in [0.1, 0.15) is 396 Å². The SMILES string of the molecule is CCCCCCCCOc1cc2c(c(OCCCCCCCC)c1OCCCCCCCC)C(=O)c1cc(OCCCCCCCC)c(OCCCCCCCC)c(OCCCCCCCC(=O)Oc3cc4c5cc(OCCCC)c(OCCCC)cc5c5cc(OCCCC)c(OCCCC)cc5c4cc3OCCCC)c1C2=O. The first-order chi connectivity index (χ1) is 56.6. The molecule has 15 nitrogen and oxygen atoms in total. The summed E-state index contributed by atoms with van der Waals surface area (Å²) in [6.45, 7) is 26.9. The van der Waals surface area contributed by atoms with Gasteiger partial charge in [-0.05, 0) is 158 Å². The van der Waals surface area contributed by atoms with E-state index in [4.69, 9.17) is 56.8 Å². The fourth-order valence-corrected chi connectivity index (χ4v) is 14.9. The summed E-state index contributed by atoms with van der Waals surface area (Å²) in [5.74, 6) is 4.67. The molecule has 6 aromatic rings. The number of hydrogen-bond donors (Lipinski definition) is 0. The van der Waals surface area contributed by atoms with Crippen molar-refractivity contribution in [2.75, 3.05) is 72.7 Å². The maximum Gasteiger partial charge on any atom is 0.311 e. The van der Waals surface area contributed by atoms with Crippen LogP contribution in [-0.2, 0) is 4.79 Å². The summed E-state index contributed by atoms with van der Waals surface area (Å²) in [4.78, 5) is 46.3. The fraction of sp³-hybridized carbons (Fsp3) is 0.670. The van der Waals surface area contributed by atoms with E-state index >= 15 is 9.59 Å². The van der Waals surface area contributed by atoms with Gasteiger partial charge in [-0.25, -0.2) is 0 Å². The molecular formula is C100H152O15. The highest BCUT2D eigenvalue weighted by atomic mass is 16.6. The average Bonchev–Trinajstić information content (AvgIpc) is 0.727. The van der Waals surface area contributed by atoms with Crippen molar-refractivity contribution >= 4 is 49.9 Å². The van der Waals surface area contributed by atoms with Crippen LogP contribution in [0.15, 0.2) is 48.5 Å². The van der Waals surface area contributed by atoms with Crippen LogP contribution in [0, 0.1) is 0 Å². The first-order valence-electron chi connectivity index (χ1n) is 46.7. The number of ketones is 2. The van der Waals surface area contributed by atoms with Crippen molar-refractivity contribution in [1.29, 1.82) is 0 Å². The summed E-state index contributed by atoms with van der Waals surface area (Å²) in [5.41, 5.74) is 0.778. The van der Waals surface area contributed by atoms with Gasteiger partial charge in [0.1, 0.15) is 0 Å². The summed E-state index contributed by atoms with van der Waals surface area (Å²) in [6.07, 6.45) is 45.5. The third-order valence-electron chi connectivity index (χ3n) is 22.0. The van der Waals surface area contributed by atoms with Crippen LogP contribution in [0.25, 0.3) is 32.3 Å². The molecule has 0 fully saturated rings. The second-order valence-corrected chi connectivity index (χ2v) is 32.0. The van der Waals surface area contributed by atoms with Crippen molar-refractivity contribution in [2.24, 2.45) is 0 Å². The van der Waals surface area contributed by atoms with Gasteiger partial charge >= 0.3 is 5.97 Å². The molecule has 0 heterocycles. The van der Waals surface area contributed by atoms with Gasteiger partial charge in [0, 0.05) is 17.5 Å². The van der Waals surface area contributed by atoms with E-state index in [1.165, 1.54) is 64.2 Å². The standard InChI is InChI=1S/C100H152O15/c1-11-21-31-36-43-50-62-109-90-74-82-93(99(113-66-54-47-40-35-25-15-5)97(90)111-64-52-45-38-33-23-13-3)95(102)83-75-91(110-63-51-44-37-32-22-12-2)98(112-65-53-46-39-34-24-14-4)100(94(83)96(82)103)114-67-55-48-41-42-49-56-92(101)115-89-73-81-79-71-87(107-60-29-19-9)85(105-58-27-17-7)69-77(79)76-68-84(104-57-26-16-6)86(106-59-28-18-8)70-78(76)80(81)72-88(89)108-61-30-20-10/h68-75H,11-67H2,1-10H3. The van der Waals surface area contributed by atoms with Crippen LogP contribution in [0.2, 0.25) is 0 Å². The zero-order valence-electron chi connectivity index (χ0n) is 73.5. The van der Waals surface area contributed by atoms with Gasteiger partial charge in [0.25, 0.3) is 0 Å². The molecule has 0 saturated heterocycles. The smallest absolute Gasteiger partial charge is 0.311 e. The van der Waals surface area contributed by atoms with E-state index in [1.54, 1.807) is 12.1 Å². The lowest BCUT2D eigenvalue weighted by molar-refractivity contribution is -0.134. The quantitative estimate of drug-likeness (QED) is 0.0153. The van der Waals surface area contributed by atoms with Gasteiger partial charge in [0.05, 0.1) is 83.8 Å². The lowest BCUT2D eigenvalue weighted by Crippen LogP contribution is -2.25. The highest BCUT2D eigenvalue weighted by Gasteiger charge is 2.41. The van der Waals surface area contributed by atoms with Crippen molar-refractivity contribution in [2.45, 2.75) is 365 Å². The fourth-order valence-electron chi connectivity index (χ4n) is 14.9. The predicted octanol–water partition coefficient (Wildman–Crippen LogP) is 28.8. The summed E-state index contributed by atoms with van der Waals surface area (Å²) >= 11 is 0. The molecule has 0 atom stereocenters. The van der Waals surface area contributed by atoms with E-state index in [-0.39, 0.29) is 64.3 Å². The van der Waals surface area contributed by atoms with Gasteiger partial charge in [-0.3, -0.25) is 14.4 Å². The molecule has 0 aromatic heterocycles. The Morgan fingerprint density at radius 1 is 0.209 bits per heavy atom.